The molecule has 0 N–H and O–H groups in total. The Morgan fingerprint density at radius 3 is 2.72 bits per heavy atom. The molecule has 1 aromatic carbocycles. The summed E-state index contributed by atoms with van der Waals surface area (Å²) in [6.07, 6.45) is 8.31. The largest absolute Gasteiger partial charge is 0.497 e. The quantitative estimate of drug-likeness (QED) is 0.685. The normalized spacial score (nSPS) is 17.6. The maximum absolute atomic E-state index is 12.5. The fourth-order valence-electron chi connectivity index (χ4n) is 3.69. The van der Waals surface area contributed by atoms with Gasteiger partial charge in [-0.05, 0) is 50.9 Å². The van der Waals surface area contributed by atoms with Crippen LogP contribution in [0.2, 0.25) is 0 Å². The Kier molecular flexibility index (Phi) is 7.41. The molecule has 1 aromatic heterocycles. The molecule has 0 unspecified atom stereocenters. The van der Waals surface area contributed by atoms with Crippen LogP contribution >= 0.6 is 0 Å². The van der Waals surface area contributed by atoms with Gasteiger partial charge in [0.05, 0.1) is 19.3 Å². The SMILES string of the molecule is CCN(CC)C(=O)c1cn([C@H]2CCCN(C/C=C/c3ccc(OC)cc3)C2)nn1. The number of carbonyl (C=O) groups excluding carboxylic acids is 1. The molecule has 1 aliphatic rings. The molecule has 29 heavy (non-hydrogen) atoms. The highest BCUT2D eigenvalue weighted by atomic mass is 16.5. The predicted molar refractivity (Wildman–Crippen MR) is 114 cm³/mol. The highest BCUT2D eigenvalue weighted by molar-refractivity contribution is 5.91. The lowest BCUT2D eigenvalue weighted by molar-refractivity contribution is 0.0767. The Morgan fingerprint density at radius 1 is 1.28 bits per heavy atom. The molecule has 7 heteroatoms. The Balaban J connectivity index is 1.56. The van der Waals surface area contributed by atoms with Gasteiger partial charge in [0.2, 0.25) is 0 Å². The van der Waals surface area contributed by atoms with Gasteiger partial charge in [0.15, 0.2) is 5.69 Å². The molecule has 1 fully saturated rings. The van der Waals surface area contributed by atoms with Gasteiger partial charge in [-0.2, -0.15) is 0 Å². The van der Waals surface area contributed by atoms with Gasteiger partial charge < -0.3 is 9.64 Å². The van der Waals surface area contributed by atoms with Crippen LogP contribution < -0.4 is 4.74 Å². The molecule has 0 saturated carbocycles. The van der Waals surface area contributed by atoms with Crippen molar-refractivity contribution in [2.45, 2.75) is 32.7 Å². The lowest BCUT2D eigenvalue weighted by atomic mass is 10.1. The van der Waals surface area contributed by atoms with Crippen LogP contribution in [-0.2, 0) is 0 Å². The van der Waals surface area contributed by atoms with Gasteiger partial charge >= 0.3 is 0 Å². The van der Waals surface area contributed by atoms with Gasteiger partial charge in [-0.3, -0.25) is 9.69 Å². The fourth-order valence-corrected chi connectivity index (χ4v) is 3.69. The minimum absolute atomic E-state index is 0.0451. The molecule has 0 bridgehead atoms. The topological polar surface area (TPSA) is 63.5 Å². The number of hydrogen-bond donors (Lipinski definition) is 0. The molecule has 0 aliphatic carbocycles. The maximum Gasteiger partial charge on any atom is 0.276 e. The third-order valence-corrected chi connectivity index (χ3v) is 5.42. The highest BCUT2D eigenvalue weighted by Crippen LogP contribution is 2.21. The Bertz CT molecular complexity index is 811. The summed E-state index contributed by atoms with van der Waals surface area (Å²) in [7, 11) is 1.68. The first-order valence-corrected chi connectivity index (χ1v) is 10.4. The molecule has 156 valence electrons. The number of nitrogens with zero attached hydrogens (tertiary/aromatic N) is 5. The molecule has 1 saturated heterocycles. The van der Waals surface area contributed by atoms with Crippen molar-refractivity contribution in [3.8, 4) is 5.75 Å². The van der Waals surface area contributed by atoms with Crippen molar-refractivity contribution >= 4 is 12.0 Å². The third-order valence-electron chi connectivity index (χ3n) is 5.42. The van der Waals surface area contributed by atoms with Gasteiger partial charge in [-0.15, -0.1) is 5.10 Å². The molecular formula is C22H31N5O2. The first kappa shape index (κ1) is 21.0. The van der Waals surface area contributed by atoms with E-state index in [2.05, 4.69) is 39.5 Å². The van der Waals surface area contributed by atoms with E-state index in [0.29, 0.717) is 18.8 Å². The van der Waals surface area contributed by atoms with E-state index in [4.69, 9.17) is 4.74 Å². The molecule has 0 spiro atoms. The van der Waals surface area contributed by atoms with Crippen molar-refractivity contribution in [2.24, 2.45) is 0 Å². The summed E-state index contributed by atoms with van der Waals surface area (Å²) < 4.78 is 7.07. The molecule has 3 rings (SSSR count). The summed E-state index contributed by atoms with van der Waals surface area (Å²) in [5.74, 6) is 0.823. The summed E-state index contributed by atoms with van der Waals surface area (Å²) in [6, 6.07) is 8.30. The van der Waals surface area contributed by atoms with Gasteiger partial charge in [-0.25, -0.2) is 4.68 Å². The second-order valence-electron chi connectivity index (χ2n) is 7.29. The Morgan fingerprint density at radius 2 is 2.03 bits per heavy atom. The summed E-state index contributed by atoms with van der Waals surface area (Å²) in [5.41, 5.74) is 1.60. The lowest BCUT2D eigenvalue weighted by Crippen LogP contribution is -2.36. The van der Waals surface area contributed by atoms with Crippen LogP contribution in [0.1, 0.15) is 48.8 Å². The summed E-state index contributed by atoms with van der Waals surface area (Å²) in [4.78, 5) is 16.7. The zero-order valence-corrected chi connectivity index (χ0v) is 17.6. The number of rotatable bonds is 8. The van der Waals surface area contributed by atoms with E-state index in [1.54, 1.807) is 12.0 Å². The summed E-state index contributed by atoms with van der Waals surface area (Å²) in [5, 5.41) is 8.38. The van der Waals surface area contributed by atoms with Crippen molar-refractivity contribution in [3.05, 3.63) is 47.8 Å². The second kappa shape index (κ2) is 10.2. The van der Waals surface area contributed by atoms with E-state index >= 15 is 0 Å². The van der Waals surface area contributed by atoms with Crippen LogP contribution in [0, 0.1) is 0 Å². The molecular weight excluding hydrogens is 366 g/mol. The number of amides is 1. The zero-order chi connectivity index (χ0) is 20.6. The zero-order valence-electron chi connectivity index (χ0n) is 17.6. The molecule has 2 aromatic rings. The minimum Gasteiger partial charge on any atom is -0.497 e. The van der Waals surface area contributed by atoms with E-state index in [9.17, 15) is 4.79 Å². The summed E-state index contributed by atoms with van der Waals surface area (Å²) in [6.45, 7) is 8.19. The monoisotopic (exact) mass is 397 g/mol. The van der Waals surface area contributed by atoms with Crippen LogP contribution in [0.4, 0.5) is 0 Å². The van der Waals surface area contributed by atoms with Crippen molar-refractivity contribution in [1.82, 2.24) is 24.8 Å². The van der Waals surface area contributed by atoms with Crippen molar-refractivity contribution in [1.29, 1.82) is 0 Å². The third kappa shape index (κ3) is 5.44. The van der Waals surface area contributed by atoms with Crippen LogP contribution in [0.5, 0.6) is 5.75 Å². The number of benzene rings is 1. The molecule has 2 heterocycles. The maximum atomic E-state index is 12.5. The first-order chi connectivity index (χ1) is 14.1. The van der Waals surface area contributed by atoms with E-state index in [1.165, 1.54) is 0 Å². The molecule has 7 nitrogen and oxygen atoms in total. The number of methoxy groups -OCH3 is 1. The van der Waals surface area contributed by atoms with E-state index < -0.39 is 0 Å². The summed E-state index contributed by atoms with van der Waals surface area (Å²) >= 11 is 0. The molecule has 0 radical (unpaired) electrons. The van der Waals surface area contributed by atoms with Crippen LogP contribution in [-0.4, -0.2) is 70.5 Å². The van der Waals surface area contributed by atoms with Gasteiger partial charge in [-0.1, -0.05) is 29.5 Å². The van der Waals surface area contributed by atoms with Gasteiger partial charge in [0.25, 0.3) is 5.91 Å². The Labute approximate surface area is 172 Å². The van der Waals surface area contributed by atoms with Gasteiger partial charge in [0, 0.05) is 26.2 Å². The van der Waals surface area contributed by atoms with Crippen LogP contribution in [0.3, 0.4) is 0 Å². The fraction of sp³-hybridized carbons (Fsp3) is 0.500. The van der Waals surface area contributed by atoms with Gasteiger partial charge in [0.1, 0.15) is 5.75 Å². The van der Waals surface area contributed by atoms with Crippen molar-refractivity contribution < 1.29 is 9.53 Å². The average molecular weight is 398 g/mol. The number of aromatic nitrogens is 3. The molecule has 1 amide bonds. The number of hydrogen-bond acceptors (Lipinski definition) is 5. The number of ether oxygens (including phenoxy) is 1. The van der Waals surface area contributed by atoms with E-state index in [1.807, 2.05) is 36.9 Å². The van der Waals surface area contributed by atoms with Crippen molar-refractivity contribution in [3.63, 3.8) is 0 Å². The van der Waals surface area contributed by atoms with E-state index in [0.717, 1.165) is 43.8 Å². The smallest absolute Gasteiger partial charge is 0.276 e. The number of carbonyl (C=O) groups is 1. The van der Waals surface area contributed by atoms with E-state index in [-0.39, 0.29) is 11.9 Å². The standard InChI is InChI=1S/C22H31N5O2/c1-4-26(5-2)22(28)21-17-27(24-23-21)19-9-7-15-25(16-19)14-6-8-18-10-12-20(29-3)13-11-18/h6,8,10-13,17,19H,4-5,7,9,14-16H2,1-3H3/b8-6+/t19-/m0/s1. The number of piperidine rings is 1. The first-order valence-electron chi connectivity index (χ1n) is 10.4. The molecule has 1 atom stereocenters. The second-order valence-corrected chi connectivity index (χ2v) is 7.29. The predicted octanol–water partition coefficient (Wildman–Crippen LogP) is 3.12. The van der Waals surface area contributed by atoms with Crippen LogP contribution in [0.15, 0.2) is 36.5 Å². The lowest BCUT2D eigenvalue weighted by Gasteiger charge is -2.31. The van der Waals surface area contributed by atoms with Crippen LogP contribution in [0.25, 0.3) is 6.08 Å². The number of likely N-dealkylation sites (tertiary alicyclic amines) is 1. The molecule has 1 aliphatic heterocycles. The minimum atomic E-state index is -0.0451. The van der Waals surface area contributed by atoms with Crippen molar-refractivity contribution in [2.75, 3.05) is 39.8 Å². The Hall–Kier alpha value is -2.67. The average Bonchev–Trinajstić information content (AvgIpc) is 3.26. The highest BCUT2D eigenvalue weighted by Gasteiger charge is 2.23.